The van der Waals surface area contributed by atoms with Crippen LogP contribution in [0.1, 0.15) is 11.1 Å². The van der Waals surface area contributed by atoms with Crippen molar-refractivity contribution in [2.24, 2.45) is 0 Å². The number of aromatic amines is 1. The first kappa shape index (κ1) is 15.6. The lowest BCUT2D eigenvalue weighted by Gasteiger charge is -2.08. The van der Waals surface area contributed by atoms with Gasteiger partial charge in [0.1, 0.15) is 6.33 Å². The van der Waals surface area contributed by atoms with Crippen LogP contribution in [-0.4, -0.2) is 23.2 Å². The molecule has 0 saturated carbocycles. The van der Waals surface area contributed by atoms with Gasteiger partial charge in [0.15, 0.2) is 4.77 Å². The van der Waals surface area contributed by atoms with E-state index in [9.17, 15) is 8.42 Å². The molecule has 0 aliphatic rings. The second-order valence-corrected chi connectivity index (χ2v) is 7.61. The van der Waals surface area contributed by atoms with Gasteiger partial charge in [0.25, 0.3) is 0 Å². The van der Waals surface area contributed by atoms with Crippen molar-refractivity contribution in [2.45, 2.75) is 23.6 Å². The van der Waals surface area contributed by atoms with E-state index < -0.39 is 9.84 Å². The van der Waals surface area contributed by atoms with Crippen molar-refractivity contribution in [3.05, 3.63) is 64.7 Å². The highest BCUT2D eigenvalue weighted by atomic mass is 32.2. The van der Waals surface area contributed by atoms with Crippen LogP contribution in [0.5, 0.6) is 0 Å². The van der Waals surface area contributed by atoms with Gasteiger partial charge < -0.3 is 0 Å². The van der Waals surface area contributed by atoms with E-state index in [1.165, 1.54) is 0 Å². The zero-order valence-electron chi connectivity index (χ0n) is 12.6. The number of benzene rings is 2. The molecule has 0 fully saturated rings. The van der Waals surface area contributed by atoms with E-state index >= 15 is 0 Å². The Kier molecular flexibility index (Phi) is 3.91. The van der Waals surface area contributed by atoms with E-state index in [-0.39, 0.29) is 4.90 Å². The fourth-order valence-corrected chi connectivity index (χ4v) is 3.79. The van der Waals surface area contributed by atoms with Crippen LogP contribution in [-0.2, 0) is 9.84 Å². The molecule has 0 atom stereocenters. The second-order valence-electron chi connectivity index (χ2n) is 5.27. The van der Waals surface area contributed by atoms with Gasteiger partial charge in [-0.25, -0.2) is 8.42 Å². The standard InChI is InChI=1S/C16H15N3O2S2/c1-11-3-6-15(9-12(11)2)23(20,21)14-7-4-13(5-8-14)19-10-17-18-16(19)22/h3-10H,1-2H3,(H,18,22). The van der Waals surface area contributed by atoms with Crippen molar-refractivity contribution in [3.63, 3.8) is 0 Å². The van der Waals surface area contributed by atoms with E-state index in [1.807, 2.05) is 19.9 Å². The van der Waals surface area contributed by atoms with Crippen molar-refractivity contribution >= 4 is 22.1 Å². The van der Waals surface area contributed by atoms with Gasteiger partial charge in [-0.3, -0.25) is 9.67 Å². The van der Waals surface area contributed by atoms with Gasteiger partial charge in [-0.05, 0) is 73.6 Å². The molecular formula is C16H15N3O2S2. The molecule has 0 radical (unpaired) electrons. The van der Waals surface area contributed by atoms with Crippen molar-refractivity contribution < 1.29 is 8.42 Å². The Hall–Kier alpha value is -2.25. The highest BCUT2D eigenvalue weighted by molar-refractivity contribution is 7.91. The summed E-state index contributed by atoms with van der Waals surface area (Å²) in [5.41, 5.74) is 2.77. The molecule has 2 aromatic carbocycles. The molecule has 0 bridgehead atoms. The lowest BCUT2D eigenvalue weighted by molar-refractivity contribution is 0.596. The van der Waals surface area contributed by atoms with E-state index in [0.29, 0.717) is 9.67 Å². The molecule has 0 aliphatic heterocycles. The van der Waals surface area contributed by atoms with Crippen LogP contribution in [0.4, 0.5) is 0 Å². The maximum absolute atomic E-state index is 12.7. The van der Waals surface area contributed by atoms with Gasteiger partial charge in [-0.1, -0.05) is 6.07 Å². The lowest BCUT2D eigenvalue weighted by atomic mass is 10.1. The zero-order valence-corrected chi connectivity index (χ0v) is 14.3. The summed E-state index contributed by atoms with van der Waals surface area (Å²) in [5, 5.41) is 6.51. The van der Waals surface area contributed by atoms with Gasteiger partial charge in [0, 0.05) is 5.69 Å². The Morgan fingerprint density at radius 2 is 1.65 bits per heavy atom. The Labute approximate surface area is 139 Å². The molecule has 0 spiro atoms. The van der Waals surface area contributed by atoms with Crippen LogP contribution >= 0.6 is 12.2 Å². The van der Waals surface area contributed by atoms with Gasteiger partial charge >= 0.3 is 0 Å². The highest BCUT2D eigenvalue weighted by Crippen LogP contribution is 2.24. The summed E-state index contributed by atoms with van der Waals surface area (Å²) in [6, 6.07) is 11.7. The lowest BCUT2D eigenvalue weighted by Crippen LogP contribution is -2.03. The average molecular weight is 345 g/mol. The first-order valence-electron chi connectivity index (χ1n) is 6.94. The molecule has 7 heteroatoms. The molecule has 0 aliphatic carbocycles. The minimum Gasteiger partial charge on any atom is -0.275 e. The molecule has 1 N–H and O–H groups in total. The normalized spacial score (nSPS) is 11.6. The van der Waals surface area contributed by atoms with E-state index in [2.05, 4.69) is 10.2 Å². The number of aryl methyl sites for hydroxylation is 2. The fourth-order valence-electron chi connectivity index (χ4n) is 2.24. The summed E-state index contributed by atoms with van der Waals surface area (Å²) in [6.45, 7) is 3.85. The topological polar surface area (TPSA) is 67.8 Å². The highest BCUT2D eigenvalue weighted by Gasteiger charge is 2.18. The van der Waals surface area contributed by atoms with Crippen LogP contribution in [0.25, 0.3) is 5.69 Å². The molecule has 5 nitrogen and oxygen atoms in total. The first-order valence-corrected chi connectivity index (χ1v) is 8.83. The number of aromatic nitrogens is 3. The molecule has 118 valence electrons. The molecule has 1 aromatic heterocycles. The van der Waals surface area contributed by atoms with E-state index in [1.54, 1.807) is 47.3 Å². The smallest absolute Gasteiger partial charge is 0.206 e. The van der Waals surface area contributed by atoms with Crippen molar-refractivity contribution in [3.8, 4) is 5.69 Å². The van der Waals surface area contributed by atoms with Gasteiger partial charge in [0.05, 0.1) is 9.79 Å². The SMILES string of the molecule is Cc1ccc(S(=O)(=O)c2ccc(-n3cn[nH]c3=S)cc2)cc1C. The summed E-state index contributed by atoms with van der Waals surface area (Å²) >= 11 is 5.10. The van der Waals surface area contributed by atoms with Gasteiger partial charge in [-0.15, -0.1) is 0 Å². The largest absolute Gasteiger partial charge is 0.275 e. The Bertz CT molecular complexity index is 1020. The predicted molar refractivity (Wildman–Crippen MR) is 90.1 cm³/mol. The number of hydrogen-bond donors (Lipinski definition) is 1. The molecule has 1 heterocycles. The minimum absolute atomic E-state index is 0.250. The number of sulfone groups is 1. The van der Waals surface area contributed by atoms with Crippen LogP contribution in [0.15, 0.2) is 58.6 Å². The van der Waals surface area contributed by atoms with E-state index in [4.69, 9.17) is 12.2 Å². The van der Waals surface area contributed by atoms with Crippen molar-refractivity contribution in [2.75, 3.05) is 0 Å². The molecule has 0 unspecified atom stereocenters. The number of nitrogens with one attached hydrogen (secondary N) is 1. The second kappa shape index (κ2) is 5.75. The van der Waals surface area contributed by atoms with Gasteiger partial charge in [-0.2, -0.15) is 5.10 Å². The van der Waals surface area contributed by atoms with Crippen LogP contribution in [0.2, 0.25) is 0 Å². The van der Waals surface area contributed by atoms with Crippen molar-refractivity contribution in [1.82, 2.24) is 14.8 Å². The quantitative estimate of drug-likeness (QED) is 0.739. The molecule has 23 heavy (non-hydrogen) atoms. The average Bonchev–Trinajstić information content (AvgIpc) is 2.96. The Balaban J connectivity index is 2.02. The number of H-pyrrole nitrogens is 1. The zero-order chi connectivity index (χ0) is 16.6. The monoisotopic (exact) mass is 345 g/mol. The van der Waals surface area contributed by atoms with E-state index in [0.717, 1.165) is 16.8 Å². The molecule has 3 aromatic rings. The summed E-state index contributed by atoms with van der Waals surface area (Å²) in [4.78, 5) is 0.549. The van der Waals surface area contributed by atoms with Crippen LogP contribution in [0, 0.1) is 18.6 Å². The summed E-state index contributed by atoms with van der Waals surface area (Å²) in [6.07, 6.45) is 1.55. The Morgan fingerprint density at radius 1 is 1.00 bits per heavy atom. The number of hydrogen-bond acceptors (Lipinski definition) is 4. The third-order valence-electron chi connectivity index (χ3n) is 3.77. The molecule has 3 rings (SSSR count). The third kappa shape index (κ3) is 2.85. The number of rotatable bonds is 3. The number of nitrogens with zero attached hydrogens (tertiary/aromatic N) is 2. The van der Waals surface area contributed by atoms with Crippen molar-refractivity contribution in [1.29, 1.82) is 0 Å². The summed E-state index contributed by atoms with van der Waals surface area (Å²) in [7, 11) is -3.53. The molecular weight excluding hydrogens is 330 g/mol. The summed E-state index contributed by atoms with van der Waals surface area (Å²) in [5.74, 6) is 0. The van der Waals surface area contributed by atoms with Crippen LogP contribution in [0.3, 0.4) is 0 Å². The van der Waals surface area contributed by atoms with Crippen LogP contribution < -0.4 is 0 Å². The van der Waals surface area contributed by atoms with Gasteiger partial charge in [0.2, 0.25) is 9.84 Å². The maximum Gasteiger partial charge on any atom is 0.206 e. The Morgan fingerprint density at radius 3 is 2.22 bits per heavy atom. The molecule has 0 saturated heterocycles. The third-order valence-corrected chi connectivity index (χ3v) is 5.82. The molecule has 0 amide bonds. The predicted octanol–water partition coefficient (Wildman–Crippen LogP) is 3.38. The fraction of sp³-hybridized carbons (Fsp3) is 0.125. The minimum atomic E-state index is -3.53. The maximum atomic E-state index is 12.7. The first-order chi connectivity index (χ1) is 10.9. The summed E-state index contributed by atoms with van der Waals surface area (Å²) < 4.78 is 27.6.